The molecule has 0 fully saturated rings. The standard InChI is InChI=1S/C7H5BrF2.C2H6/c1-4-6(8)2-5(9)3-7(4)10;1-2/h2-3H,1H3;1-2H3. The van der Waals surface area contributed by atoms with Crippen LogP contribution in [0.15, 0.2) is 16.6 Å². The van der Waals surface area contributed by atoms with E-state index in [1.807, 2.05) is 13.8 Å². The average Bonchev–Trinajstić information content (AvgIpc) is 2.04. The summed E-state index contributed by atoms with van der Waals surface area (Å²) in [5, 5.41) is 0. The van der Waals surface area contributed by atoms with Gasteiger partial charge in [-0.05, 0) is 18.6 Å². The molecule has 68 valence electrons. The maximum absolute atomic E-state index is 12.6. The molecular formula is C9H11BrF2. The molecule has 0 amide bonds. The lowest BCUT2D eigenvalue weighted by atomic mass is 10.2. The summed E-state index contributed by atoms with van der Waals surface area (Å²) < 4.78 is 25.4. The Morgan fingerprint density at radius 2 is 1.67 bits per heavy atom. The number of hydrogen-bond acceptors (Lipinski definition) is 0. The molecule has 0 aliphatic rings. The maximum Gasteiger partial charge on any atom is 0.130 e. The molecule has 0 nitrogen and oxygen atoms in total. The van der Waals surface area contributed by atoms with Gasteiger partial charge in [-0.1, -0.05) is 29.8 Å². The third-order valence-electron chi connectivity index (χ3n) is 1.25. The van der Waals surface area contributed by atoms with Gasteiger partial charge in [0.15, 0.2) is 0 Å². The maximum atomic E-state index is 12.6. The number of rotatable bonds is 0. The molecule has 0 N–H and O–H groups in total. The molecule has 0 aliphatic carbocycles. The van der Waals surface area contributed by atoms with Gasteiger partial charge in [0.2, 0.25) is 0 Å². The van der Waals surface area contributed by atoms with E-state index in [0.717, 1.165) is 6.07 Å². The van der Waals surface area contributed by atoms with Gasteiger partial charge in [-0.15, -0.1) is 0 Å². The van der Waals surface area contributed by atoms with Crippen molar-refractivity contribution in [1.82, 2.24) is 0 Å². The molecule has 0 bridgehead atoms. The van der Waals surface area contributed by atoms with Crippen molar-refractivity contribution >= 4 is 15.9 Å². The summed E-state index contributed by atoms with van der Waals surface area (Å²) in [6.07, 6.45) is 0. The monoisotopic (exact) mass is 236 g/mol. The zero-order valence-corrected chi connectivity index (χ0v) is 8.87. The minimum absolute atomic E-state index is 0.432. The second-order valence-electron chi connectivity index (χ2n) is 1.99. The predicted molar refractivity (Wildman–Crippen MR) is 50.1 cm³/mol. The van der Waals surface area contributed by atoms with Crippen molar-refractivity contribution in [3.63, 3.8) is 0 Å². The average molecular weight is 237 g/mol. The minimum atomic E-state index is -0.560. The Balaban J connectivity index is 0.000000561. The number of benzene rings is 1. The predicted octanol–water partition coefficient (Wildman–Crippen LogP) is 4.06. The van der Waals surface area contributed by atoms with Crippen molar-refractivity contribution < 1.29 is 8.78 Å². The summed E-state index contributed by atoms with van der Waals surface area (Å²) in [5.74, 6) is -1.08. The van der Waals surface area contributed by atoms with E-state index in [-0.39, 0.29) is 0 Å². The van der Waals surface area contributed by atoms with Crippen LogP contribution in [-0.4, -0.2) is 0 Å². The summed E-state index contributed by atoms with van der Waals surface area (Å²) in [6, 6.07) is 2.10. The fraction of sp³-hybridized carbons (Fsp3) is 0.333. The first-order chi connectivity index (χ1) is 5.61. The van der Waals surface area contributed by atoms with Crippen LogP contribution in [0, 0.1) is 18.6 Å². The fourth-order valence-electron chi connectivity index (χ4n) is 0.614. The van der Waals surface area contributed by atoms with E-state index in [4.69, 9.17) is 0 Å². The normalized spacial score (nSPS) is 8.83. The van der Waals surface area contributed by atoms with Gasteiger partial charge in [0.05, 0.1) is 0 Å². The van der Waals surface area contributed by atoms with Crippen molar-refractivity contribution in [3.05, 3.63) is 33.8 Å². The van der Waals surface area contributed by atoms with Crippen LogP contribution >= 0.6 is 15.9 Å². The second-order valence-corrected chi connectivity index (χ2v) is 2.85. The fourth-order valence-corrected chi connectivity index (χ4v) is 1.02. The van der Waals surface area contributed by atoms with E-state index in [0.29, 0.717) is 10.0 Å². The Morgan fingerprint density at radius 1 is 1.17 bits per heavy atom. The zero-order valence-electron chi connectivity index (χ0n) is 7.29. The lowest BCUT2D eigenvalue weighted by Gasteiger charge is -1.98. The van der Waals surface area contributed by atoms with Gasteiger partial charge < -0.3 is 0 Å². The van der Waals surface area contributed by atoms with E-state index in [9.17, 15) is 8.78 Å². The van der Waals surface area contributed by atoms with Crippen LogP contribution in [-0.2, 0) is 0 Å². The van der Waals surface area contributed by atoms with Crippen molar-refractivity contribution in [1.29, 1.82) is 0 Å². The van der Waals surface area contributed by atoms with E-state index >= 15 is 0 Å². The molecule has 1 rings (SSSR count). The second kappa shape index (κ2) is 5.25. The smallest absolute Gasteiger partial charge is 0.130 e. The third kappa shape index (κ3) is 2.89. The van der Waals surface area contributed by atoms with Crippen molar-refractivity contribution in [2.45, 2.75) is 20.8 Å². The molecule has 0 aromatic heterocycles. The van der Waals surface area contributed by atoms with Crippen molar-refractivity contribution in [3.8, 4) is 0 Å². The SMILES string of the molecule is CC.Cc1c(F)cc(F)cc1Br. The Morgan fingerprint density at radius 3 is 2.08 bits per heavy atom. The first kappa shape index (κ1) is 11.6. The van der Waals surface area contributed by atoms with E-state index in [2.05, 4.69) is 15.9 Å². The highest BCUT2D eigenvalue weighted by Crippen LogP contribution is 2.19. The molecule has 1 aromatic carbocycles. The Labute approximate surface area is 79.7 Å². The van der Waals surface area contributed by atoms with Crippen LogP contribution < -0.4 is 0 Å². The van der Waals surface area contributed by atoms with E-state index in [1.54, 1.807) is 6.92 Å². The van der Waals surface area contributed by atoms with E-state index in [1.165, 1.54) is 6.07 Å². The molecule has 1 aromatic rings. The Hall–Kier alpha value is -0.440. The summed E-state index contributed by atoms with van der Waals surface area (Å²) in [6.45, 7) is 5.58. The highest BCUT2D eigenvalue weighted by molar-refractivity contribution is 9.10. The van der Waals surface area contributed by atoms with E-state index < -0.39 is 11.6 Å². The van der Waals surface area contributed by atoms with Gasteiger partial charge in [-0.2, -0.15) is 0 Å². The molecule has 0 heterocycles. The highest BCUT2D eigenvalue weighted by Gasteiger charge is 2.03. The number of halogens is 3. The lowest BCUT2D eigenvalue weighted by Crippen LogP contribution is -1.85. The van der Waals surface area contributed by atoms with Gasteiger partial charge in [0.1, 0.15) is 11.6 Å². The largest absolute Gasteiger partial charge is 0.207 e. The molecule has 0 aliphatic heterocycles. The van der Waals surface area contributed by atoms with Crippen molar-refractivity contribution in [2.75, 3.05) is 0 Å². The molecule has 0 saturated carbocycles. The highest BCUT2D eigenvalue weighted by atomic mass is 79.9. The Bertz CT molecular complexity index is 236. The van der Waals surface area contributed by atoms with Gasteiger partial charge in [0, 0.05) is 10.5 Å². The molecule has 0 saturated heterocycles. The summed E-state index contributed by atoms with van der Waals surface area (Å²) in [5.41, 5.74) is 0.432. The molecule has 0 radical (unpaired) electrons. The zero-order chi connectivity index (χ0) is 9.72. The van der Waals surface area contributed by atoms with Crippen LogP contribution in [0.5, 0.6) is 0 Å². The van der Waals surface area contributed by atoms with Crippen LogP contribution in [0.3, 0.4) is 0 Å². The molecular weight excluding hydrogens is 226 g/mol. The molecule has 0 spiro atoms. The van der Waals surface area contributed by atoms with Crippen LogP contribution in [0.1, 0.15) is 19.4 Å². The summed E-state index contributed by atoms with van der Waals surface area (Å²) in [7, 11) is 0. The molecule has 3 heteroatoms. The first-order valence-electron chi connectivity index (χ1n) is 3.72. The van der Waals surface area contributed by atoms with Crippen LogP contribution in [0.4, 0.5) is 8.78 Å². The summed E-state index contributed by atoms with van der Waals surface area (Å²) >= 11 is 3.02. The first-order valence-corrected chi connectivity index (χ1v) is 4.51. The third-order valence-corrected chi connectivity index (χ3v) is 2.07. The van der Waals surface area contributed by atoms with Gasteiger partial charge in [0.25, 0.3) is 0 Å². The van der Waals surface area contributed by atoms with Crippen LogP contribution in [0.2, 0.25) is 0 Å². The van der Waals surface area contributed by atoms with Gasteiger partial charge >= 0.3 is 0 Å². The molecule has 0 unspecified atom stereocenters. The quantitative estimate of drug-likeness (QED) is 0.638. The molecule has 12 heavy (non-hydrogen) atoms. The van der Waals surface area contributed by atoms with Crippen molar-refractivity contribution in [2.24, 2.45) is 0 Å². The Kier molecular flexibility index (Phi) is 5.06. The van der Waals surface area contributed by atoms with Gasteiger partial charge in [-0.25, -0.2) is 8.78 Å². The minimum Gasteiger partial charge on any atom is -0.207 e. The lowest BCUT2D eigenvalue weighted by molar-refractivity contribution is 0.575. The van der Waals surface area contributed by atoms with Crippen LogP contribution in [0.25, 0.3) is 0 Å². The topological polar surface area (TPSA) is 0 Å². The number of hydrogen-bond donors (Lipinski definition) is 0. The van der Waals surface area contributed by atoms with Gasteiger partial charge in [-0.3, -0.25) is 0 Å². The molecule has 0 atom stereocenters. The summed E-state index contributed by atoms with van der Waals surface area (Å²) in [4.78, 5) is 0.